The molecule has 30 heavy (non-hydrogen) atoms. The number of esters is 1. The predicted octanol–water partition coefficient (Wildman–Crippen LogP) is 2.67. The van der Waals surface area contributed by atoms with Gasteiger partial charge in [0.1, 0.15) is 5.82 Å². The van der Waals surface area contributed by atoms with E-state index in [0.29, 0.717) is 42.1 Å². The largest absolute Gasteiger partial charge is 0.465 e. The molecule has 0 aliphatic heterocycles. The van der Waals surface area contributed by atoms with Crippen molar-refractivity contribution in [3.8, 4) is 0 Å². The minimum absolute atomic E-state index is 0.316. The molecule has 0 saturated heterocycles. The summed E-state index contributed by atoms with van der Waals surface area (Å²) in [5.74, 6) is 0.177. The number of benzene rings is 1. The number of imidazole rings is 1. The first kappa shape index (κ1) is 21.3. The van der Waals surface area contributed by atoms with Gasteiger partial charge >= 0.3 is 11.7 Å². The minimum atomic E-state index is -0.391. The maximum atomic E-state index is 13.0. The average molecular weight is 410 g/mol. The second-order valence-corrected chi connectivity index (χ2v) is 7.04. The Bertz CT molecular complexity index is 1210. The van der Waals surface area contributed by atoms with E-state index in [-0.39, 0.29) is 11.2 Å². The maximum absolute atomic E-state index is 13.0. The lowest BCUT2D eigenvalue weighted by molar-refractivity contribution is 0.0600. The summed E-state index contributed by atoms with van der Waals surface area (Å²) in [6.45, 7) is 4.78. The van der Waals surface area contributed by atoms with Crippen LogP contribution in [0.3, 0.4) is 0 Å². The van der Waals surface area contributed by atoms with Gasteiger partial charge in [-0.25, -0.2) is 14.6 Å². The third kappa shape index (κ3) is 3.85. The fourth-order valence-corrected chi connectivity index (χ4v) is 3.39. The molecule has 0 radical (unpaired) electrons. The Hall–Kier alpha value is -3.42. The Morgan fingerprint density at radius 1 is 1.03 bits per heavy atom. The maximum Gasteiger partial charge on any atom is 0.337 e. The summed E-state index contributed by atoms with van der Waals surface area (Å²) in [5.41, 5.74) is 1.52. The summed E-state index contributed by atoms with van der Waals surface area (Å²) in [5, 5.41) is 0. The van der Waals surface area contributed by atoms with Gasteiger partial charge in [-0.3, -0.25) is 13.9 Å². The lowest BCUT2D eigenvalue weighted by Crippen LogP contribution is -2.40. The van der Waals surface area contributed by atoms with E-state index in [2.05, 4.69) is 4.98 Å². The van der Waals surface area contributed by atoms with E-state index in [1.165, 1.54) is 11.7 Å². The number of rotatable bonds is 7. The van der Waals surface area contributed by atoms with Gasteiger partial charge in [-0.1, -0.05) is 32.1 Å². The standard InChI is InChI=1S/C22H26N4O4/c1-5-13-25-19-18(20(27)26(14-6-2)22(25)29)24(3)17(23-19)12-9-15-7-10-16(11-8-15)21(28)30-4/h7-12H,5-6,13-14H2,1-4H3/b12-9-. The Labute approximate surface area is 174 Å². The van der Waals surface area contributed by atoms with Crippen LogP contribution in [0.15, 0.2) is 33.9 Å². The molecule has 8 nitrogen and oxygen atoms in total. The first-order valence-corrected chi connectivity index (χ1v) is 9.99. The number of hydrogen-bond acceptors (Lipinski definition) is 5. The first-order chi connectivity index (χ1) is 14.4. The molecule has 2 aromatic heterocycles. The number of carbonyl (C=O) groups is 1. The van der Waals surface area contributed by atoms with Gasteiger partial charge in [0.25, 0.3) is 5.56 Å². The average Bonchev–Trinajstić information content (AvgIpc) is 3.08. The molecule has 0 N–H and O–H groups in total. The molecule has 0 aliphatic rings. The number of hydrogen-bond donors (Lipinski definition) is 0. The molecular formula is C22H26N4O4. The summed E-state index contributed by atoms with van der Waals surface area (Å²) in [6.07, 6.45) is 5.08. The van der Waals surface area contributed by atoms with Crippen LogP contribution in [0.1, 0.15) is 48.4 Å². The van der Waals surface area contributed by atoms with E-state index in [1.54, 1.807) is 46.5 Å². The summed E-state index contributed by atoms with van der Waals surface area (Å²) in [7, 11) is 3.11. The van der Waals surface area contributed by atoms with E-state index in [0.717, 1.165) is 12.0 Å². The highest BCUT2D eigenvalue weighted by Crippen LogP contribution is 2.14. The van der Waals surface area contributed by atoms with Gasteiger partial charge in [0.15, 0.2) is 11.2 Å². The normalized spacial score (nSPS) is 11.5. The van der Waals surface area contributed by atoms with Crippen molar-refractivity contribution in [2.45, 2.75) is 39.8 Å². The van der Waals surface area contributed by atoms with Gasteiger partial charge in [-0.05, 0) is 36.6 Å². The number of nitrogens with zero attached hydrogens (tertiary/aromatic N) is 4. The zero-order chi connectivity index (χ0) is 21.8. The van der Waals surface area contributed by atoms with Gasteiger partial charge in [-0.2, -0.15) is 0 Å². The highest BCUT2D eigenvalue weighted by molar-refractivity contribution is 5.89. The number of aryl methyl sites for hydroxylation is 2. The van der Waals surface area contributed by atoms with Gasteiger partial charge in [-0.15, -0.1) is 0 Å². The van der Waals surface area contributed by atoms with Crippen LogP contribution in [0.2, 0.25) is 0 Å². The molecule has 3 rings (SSSR count). The SMILES string of the molecule is CCCn1c(=O)c2c(nc(/C=C\c3ccc(C(=O)OC)cc3)n2C)n(CCC)c1=O. The van der Waals surface area contributed by atoms with E-state index in [9.17, 15) is 14.4 Å². The van der Waals surface area contributed by atoms with Crippen LogP contribution in [0, 0.1) is 0 Å². The highest BCUT2D eigenvalue weighted by Gasteiger charge is 2.18. The Morgan fingerprint density at radius 2 is 1.67 bits per heavy atom. The molecule has 158 valence electrons. The monoisotopic (exact) mass is 410 g/mol. The zero-order valence-corrected chi connectivity index (χ0v) is 17.7. The van der Waals surface area contributed by atoms with Gasteiger partial charge in [0, 0.05) is 20.1 Å². The van der Waals surface area contributed by atoms with E-state index < -0.39 is 5.97 Å². The topological polar surface area (TPSA) is 88.1 Å². The van der Waals surface area contributed by atoms with Crippen molar-refractivity contribution in [1.29, 1.82) is 0 Å². The van der Waals surface area contributed by atoms with Crippen molar-refractivity contribution in [3.63, 3.8) is 0 Å². The smallest absolute Gasteiger partial charge is 0.337 e. The van der Waals surface area contributed by atoms with Crippen LogP contribution >= 0.6 is 0 Å². The highest BCUT2D eigenvalue weighted by atomic mass is 16.5. The van der Waals surface area contributed by atoms with Crippen molar-refractivity contribution in [2.75, 3.05) is 7.11 Å². The fourth-order valence-electron chi connectivity index (χ4n) is 3.39. The van der Waals surface area contributed by atoms with Gasteiger partial charge in [0.05, 0.1) is 12.7 Å². The molecule has 0 saturated carbocycles. The molecule has 0 bridgehead atoms. The van der Waals surface area contributed by atoms with Gasteiger partial charge in [0.2, 0.25) is 0 Å². The minimum Gasteiger partial charge on any atom is -0.465 e. The number of aromatic nitrogens is 4. The Balaban J connectivity index is 2.08. The number of fused-ring (bicyclic) bond motifs is 1. The lowest BCUT2D eigenvalue weighted by Gasteiger charge is -2.10. The fraction of sp³-hybridized carbons (Fsp3) is 0.364. The third-order valence-electron chi connectivity index (χ3n) is 4.93. The Morgan fingerprint density at radius 3 is 2.27 bits per heavy atom. The predicted molar refractivity (Wildman–Crippen MR) is 117 cm³/mol. The van der Waals surface area contributed by atoms with E-state index in [1.807, 2.05) is 19.9 Å². The van der Waals surface area contributed by atoms with E-state index in [4.69, 9.17) is 4.74 Å². The Kier molecular flexibility index (Phi) is 6.34. The molecule has 0 amide bonds. The van der Waals surface area contributed by atoms with Crippen LogP contribution in [0.5, 0.6) is 0 Å². The molecule has 0 unspecified atom stereocenters. The van der Waals surface area contributed by atoms with Crippen LogP contribution in [0.25, 0.3) is 23.3 Å². The second kappa shape index (κ2) is 8.94. The van der Waals surface area contributed by atoms with Crippen LogP contribution in [-0.4, -0.2) is 31.8 Å². The van der Waals surface area contributed by atoms with Gasteiger partial charge < -0.3 is 9.30 Å². The summed E-state index contributed by atoms with van der Waals surface area (Å²) < 4.78 is 9.29. The van der Waals surface area contributed by atoms with Crippen LogP contribution < -0.4 is 11.2 Å². The summed E-state index contributed by atoms with van der Waals surface area (Å²) in [4.78, 5) is 41.9. The van der Waals surface area contributed by atoms with Crippen molar-refractivity contribution < 1.29 is 9.53 Å². The number of carbonyl (C=O) groups excluding carboxylic acids is 1. The van der Waals surface area contributed by atoms with Crippen LogP contribution in [0.4, 0.5) is 0 Å². The first-order valence-electron chi connectivity index (χ1n) is 9.99. The summed E-state index contributed by atoms with van der Waals surface area (Å²) in [6, 6.07) is 6.96. The molecule has 2 heterocycles. The second-order valence-electron chi connectivity index (χ2n) is 7.04. The molecular weight excluding hydrogens is 384 g/mol. The molecule has 0 aliphatic carbocycles. The van der Waals surface area contributed by atoms with Crippen molar-refractivity contribution >= 4 is 29.3 Å². The molecule has 8 heteroatoms. The lowest BCUT2D eigenvalue weighted by atomic mass is 10.1. The molecule has 1 aromatic carbocycles. The molecule has 0 spiro atoms. The quantitative estimate of drug-likeness (QED) is 0.559. The molecule has 0 atom stereocenters. The summed E-state index contributed by atoms with van der Waals surface area (Å²) >= 11 is 0. The van der Waals surface area contributed by atoms with E-state index >= 15 is 0 Å². The number of ether oxygens (including phenoxy) is 1. The molecule has 3 aromatic rings. The third-order valence-corrected chi connectivity index (χ3v) is 4.93. The van der Waals surface area contributed by atoms with Crippen molar-refractivity contribution in [1.82, 2.24) is 18.7 Å². The van der Waals surface area contributed by atoms with Crippen LogP contribution in [-0.2, 0) is 24.9 Å². The molecule has 0 fully saturated rings. The van der Waals surface area contributed by atoms with Crippen molar-refractivity contribution in [3.05, 3.63) is 62.1 Å². The number of methoxy groups -OCH3 is 1. The zero-order valence-electron chi connectivity index (χ0n) is 17.7. The van der Waals surface area contributed by atoms with Crippen molar-refractivity contribution in [2.24, 2.45) is 7.05 Å².